The van der Waals surface area contributed by atoms with Crippen LogP contribution in [0.1, 0.15) is 24.3 Å². The molecule has 2 aliphatic heterocycles. The maximum absolute atomic E-state index is 12.6. The molecule has 0 N–H and O–H groups in total. The van der Waals surface area contributed by atoms with Gasteiger partial charge in [0.05, 0.1) is 24.7 Å². The van der Waals surface area contributed by atoms with Gasteiger partial charge in [-0.3, -0.25) is 9.00 Å². The molecule has 2 fully saturated rings. The van der Waals surface area contributed by atoms with Crippen LogP contribution in [0, 0.1) is 6.92 Å². The molecule has 9 heteroatoms. The van der Waals surface area contributed by atoms with E-state index in [9.17, 15) is 9.00 Å². The quantitative estimate of drug-likeness (QED) is 0.713. The summed E-state index contributed by atoms with van der Waals surface area (Å²) in [5, 5.41) is 0.631. The summed E-state index contributed by atoms with van der Waals surface area (Å²) in [6.45, 7) is 4.10. The largest absolute Gasteiger partial charge is 0.441 e. The van der Waals surface area contributed by atoms with E-state index in [2.05, 4.69) is 4.98 Å². The number of carbonyl (C=O) groups excluding carboxylic acids is 1. The van der Waals surface area contributed by atoms with E-state index in [1.54, 1.807) is 24.0 Å². The Morgan fingerprint density at radius 3 is 2.52 bits per heavy atom. The lowest BCUT2D eigenvalue weighted by atomic mass is 10.0. The molecule has 0 radical (unpaired) electrons. The minimum atomic E-state index is -1.37. The maximum atomic E-state index is 12.6. The normalized spacial score (nSPS) is 19.6. The Balaban J connectivity index is 1.32. The Kier molecular flexibility index (Phi) is 6.06. The molecule has 1 atom stereocenters. The number of hydrogen-bond acceptors (Lipinski definition) is 6. The highest BCUT2D eigenvalue weighted by Crippen LogP contribution is 2.31. The van der Waals surface area contributed by atoms with Crippen molar-refractivity contribution in [1.29, 1.82) is 0 Å². The number of piperidine rings is 1. The van der Waals surface area contributed by atoms with Gasteiger partial charge in [0.15, 0.2) is 5.79 Å². The van der Waals surface area contributed by atoms with Gasteiger partial charge in [-0.2, -0.15) is 0 Å². The van der Waals surface area contributed by atoms with E-state index in [-0.39, 0.29) is 17.4 Å². The number of aryl methyl sites for hydroxylation is 1. The maximum Gasteiger partial charge on any atom is 0.235 e. The van der Waals surface area contributed by atoms with E-state index in [1.165, 1.54) is 0 Å². The molecular formula is C20H23ClN2O5S. The third-order valence-electron chi connectivity index (χ3n) is 5.26. The molecule has 4 rings (SSSR count). The summed E-state index contributed by atoms with van der Waals surface area (Å²) in [5.74, 6) is 0.568. The van der Waals surface area contributed by atoms with Crippen molar-refractivity contribution >= 4 is 28.3 Å². The van der Waals surface area contributed by atoms with Crippen LogP contribution in [0.5, 0.6) is 0 Å². The lowest BCUT2D eigenvalue weighted by molar-refractivity contribution is -0.186. The van der Waals surface area contributed by atoms with Crippen LogP contribution in [0.15, 0.2) is 28.7 Å². The predicted octanol–water partition coefficient (Wildman–Crippen LogP) is 2.92. The van der Waals surface area contributed by atoms with Crippen LogP contribution in [-0.4, -0.2) is 57.8 Å². The molecule has 1 aromatic carbocycles. The zero-order chi connectivity index (χ0) is 20.4. The second-order valence-electron chi connectivity index (χ2n) is 7.25. The number of amides is 1. The fraction of sp³-hybridized carbons (Fsp3) is 0.500. The minimum Gasteiger partial charge on any atom is -0.441 e. The van der Waals surface area contributed by atoms with Gasteiger partial charge in [-0.1, -0.05) is 11.6 Å². The fourth-order valence-electron chi connectivity index (χ4n) is 3.59. The standard InChI is InChI=1S/C20H23ClN2O5S/c1-14-17(22-19(28-14)15-2-4-16(21)5-3-15)12-29(25)13-18(24)23-8-6-20(7-9-23)26-10-11-27-20/h2-5H,6-13H2,1H3/t29-/m0/s1. The van der Waals surface area contributed by atoms with Gasteiger partial charge in [0.2, 0.25) is 11.8 Å². The third-order valence-corrected chi connectivity index (χ3v) is 6.67. The number of rotatable bonds is 5. The van der Waals surface area contributed by atoms with Gasteiger partial charge in [0, 0.05) is 47.3 Å². The van der Waals surface area contributed by atoms with Gasteiger partial charge in [-0.15, -0.1) is 0 Å². The van der Waals surface area contributed by atoms with Crippen molar-refractivity contribution in [2.45, 2.75) is 31.3 Å². The van der Waals surface area contributed by atoms with Crippen LogP contribution in [0.2, 0.25) is 5.02 Å². The molecule has 2 aliphatic rings. The number of aromatic nitrogens is 1. The average Bonchev–Trinajstić information content (AvgIpc) is 3.30. The van der Waals surface area contributed by atoms with Crippen molar-refractivity contribution in [3.05, 3.63) is 40.7 Å². The van der Waals surface area contributed by atoms with Gasteiger partial charge >= 0.3 is 0 Å². The summed E-state index contributed by atoms with van der Waals surface area (Å²) in [6.07, 6.45) is 1.30. The first-order chi connectivity index (χ1) is 13.9. The highest BCUT2D eigenvalue weighted by molar-refractivity contribution is 7.84. The number of oxazole rings is 1. The van der Waals surface area contributed by atoms with Crippen molar-refractivity contribution in [3.63, 3.8) is 0 Å². The van der Waals surface area contributed by atoms with Crippen molar-refractivity contribution in [2.75, 3.05) is 32.1 Å². The second-order valence-corrected chi connectivity index (χ2v) is 9.14. The molecule has 0 saturated carbocycles. The number of hydrogen-bond donors (Lipinski definition) is 0. The summed E-state index contributed by atoms with van der Waals surface area (Å²) in [6, 6.07) is 7.16. The molecule has 0 bridgehead atoms. The van der Waals surface area contributed by atoms with E-state index in [4.69, 9.17) is 25.5 Å². The minimum absolute atomic E-state index is 0.0305. The molecule has 0 aliphatic carbocycles. The molecule has 3 heterocycles. The Labute approximate surface area is 176 Å². The first kappa shape index (κ1) is 20.5. The zero-order valence-electron chi connectivity index (χ0n) is 16.2. The van der Waals surface area contributed by atoms with Crippen LogP contribution in [0.25, 0.3) is 11.5 Å². The van der Waals surface area contributed by atoms with Crippen molar-refractivity contribution in [3.8, 4) is 11.5 Å². The molecule has 1 aromatic heterocycles. The first-order valence-corrected chi connectivity index (χ1v) is 11.4. The monoisotopic (exact) mass is 438 g/mol. The van der Waals surface area contributed by atoms with Crippen LogP contribution >= 0.6 is 11.6 Å². The summed E-state index contributed by atoms with van der Waals surface area (Å²) >= 11 is 5.91. The van der Waals surface area contributed by atoms with E-state index >= 15 is 0 Å². The number of ether oxygens (including phenoxy) is 2. The van der Waals surface area contributed by atoms with Gasteiger partial charge in [0.1, 0.15) is 11.5 Å². The number of halogens is 1. The van der Waals surface area contributed by atoms with E-state index in [0.717, 1.165) is 5.56 Å². The molecule has 1 amide bonds. The molecule has 29 heavy (non-hydrogen) atoms. The first-order valence-electron chi connectivity index (χ1n) is 9.57. The number of carbonyl (C=O) groups is 1. The van der Waals surface area contributed by atoms with Crippen molar-refractivity contribution in [1.82, 2.24) is 9.88 Å². The van der Waals surface area contributed by atoms with Gasteiger partial charge in [-0.25, -0.2) is 4.98 Å². The Hall–Kier alpha value is -1.74. The molecule has 2 aromatic rings. The fourth-order valence-corrected chi connectivity index (χ4v) is 4.85. The topological polar surface area (TPSA) is 81.9 Å². The van der Waals surface area contributed by atoms with E-state index in [0.29, 0.717) is 61.5 Å². The molecule has 1 spiro atoms. The van der Waals surface area contributed by atoms with Crippen LogP contribution in [0.4, 0.5) is 0 Å². The van der Waals surface area contributed by atoms with E-state index < -0.39 is 16.6 Å². The van der Waals surface area contributed by atoms with Crippen molar-refractivity contribution in [2.24, 2.45) is 0 Å². The van der Waals surface area contributed by atoms with Crippen LogP contribution in [0.3, 0.4) is 0 Å². The predicted molar refractivity (Wildman–Crippen MR) is 109 cm³/mol. The van der Waals surface area contributed by atoms with Crippen LogP contribution in [-0.2, 0) is 30.8 Å². The molecule has 7 nitrogen and oxygen atoms in total. The van der Waals surface area contributed by atoms with Gasteiger partial charge in [-0.05, 0) is 31.2 Å². The number of benzene rings is 1. The lowest BCUT2D eigenvalue weighted by Gasteiger charge is -2.37. The van der Waals surface area contributed by atoms with Crippen molar-refractivity contribution < 1.29 is 22.9 Å². The van der Waals surface area contributed by atoms with Gasteiger partial charge in [0.25, 0.3) is 0 Å². The lowest BCUT2D eigenvalue weighted by Crippen LogP contribution is -2.48. The summed E-state index contributed by atoms with van der Waals surface area (Å²) in [7, 11) is -1.37. The summed E-state index contributed by atoms with van der Waals surface area (Å²) in [5.41, 5.74) is 1.40. The van der Waals surface area contributed by atoms with Crippen LogP contribution < -0.4 is 0 Å². The third kappa shape index (κ3) is 4.71. The Bertz CT molecular complexity index is 898. The Morgan fingerprint density at radius 1 is 1.21 bits per heavy atom. The second kappa shape index (κ2) is 8.55. The molecule has 156 valence electrons. The molecule has 2 saturated heterocycles. The number of likely N-dealkylation sites (tertiary alicyclic amines) is 1. The average molecular weight is 439 g/mol. The van der Waals surface area contributed by atoms with Gasteiger partial charge < -0.3 is 18.8 Å². The summed E-state index contributed by atoms with van der Waals surface area (Å²) in [4.78, 5) is 18.7. The SMILES string of the molecule is Cc1oc(-c2ccc(Cl)cc2)nc1C[S@](=O)CC(=O)N1CCC2(CC1)OCCO2. The highest BCUT2D eigenvalue weighted by atomic mass is 35.5. The number of nitrogens with zero attached hydrogens (tertiary/aromatic N) is 2. The smallest absolute Gasteiger partial charge is 0.235 e. The summed E-state index contributed by atoms with van der Waals surface area (Å²) < 4.78 is 29.6. The molecule has 0 unspecified atom stereocenters. The zero-order valence-corrected chi connectivity index (χ0v) is 17.8. The highest BCUT2D eigenvalue weighted by Gasteiger charge is 2.40. The molecular weight excluding hydrogens is 416 g/mol. The Morgan fingerprint density at radius 2 is 1.86 bits per heavy atom. The van der Waals surface area contributed by atoms with E-state index in [1.807, 2.05) is 12.1 Å².